The predicted octanol–water partition coefficient (Wildman–Crippen LogP) is 2.03. The summed E-state index contributed by atoms with van der Waals surface area (Å²) in [6.07, 6.45) is 8.73. The summed E-state index contributed by atoms with van der Waals surface area (Å²) in [6, 6.07) is 3.51. The third kappa shape index (κ3) is 2.45. The molecule has 0 aliphatic heterocycles. The van der Waals surface area contributed by atoms with E-state index in [2.05, 4.69) is 9.97 Å². The van der Waals surface area contributed by atoms with E-state index in [1.807, 2.05) is 0 Å². The van der Waals surface area contributed by atoms with Gasteiger partial charge in [-0.3, -0.25) is 9.36 Å². The number of rotatable bonds is 2. The maximum absolute atomic E-state index is 12.2. The van der Waals surface area contributed by atoms with Crippen LogP contribution in [0, 0.1) is 0 Å². The van der Waals surface area contributed by atoms with Gasteiger partial charge >= 0.3 is 5.16 Å². The predicted molar refractivity (Wildman–Crippen MR) is 78.3 cm³/mol. The summed E-state index contributed by atoms with van der Waals surface area (Å²) in [4.78, 5) is 20.7. The summed E-state index contributed by atoms with van der Waals surface area (Å²) in [5.41, 5.74) is 0.584. The Bertz CT molecular complexity index is 678. The molecule has 2 aromatic heterocycles. The lowest BCUT2D eigenvalue weighted by Gasteiger charge is -2.24. The Morgan fingerprint density at radius 3 is 2.75 bits per heavy atom. The minimum absolute atomic E-state index is 0.0315. The highest BCUT2D eigenvalue weighted by atomic mass is 32.2. The van der Waals surface area contributed by atoms with Gasteiger partial charge in [-0.25, -0.2) is 0 Å². The van der Waals surface area contributed by atoms with Gasteiger partial charge in [-0.05, 0) is 18.9 Å². The van der Waals surface area contributed by atoms with E-state index in [-0.39, 0.29) is 16.8 Å². The molecule has 2 aromatic rings. The second-order valence-corrected chi connectivity index (χ2v) is 6.49. The van der Waals surface area contributed by atoms with Gasteiger partial charge in [-0.1, -0.05) is 19.3 Å². The summed E-state index contributed by atoms with van der Waals surface area (Å²) in [7, 11) is 0. The van der Waals surface area contributed by atoms with Gasteiger partial charge < -0.3 is 4.55 Å². The zero-order valence-corrected chi connectivity index (χ0v) is 12.2. The van der Waals surface area contributed by atoms with E-state index in [1.54, 1.807) is 29.2 Å². The number of hydrogen-bond acceptors (Lipinski definition) is 4. The molecule has 1 saturated carbocycles. The molecule has 1 atom stereocenters. The molecule has 6 heteroatoms. The van der Waals surface area contributed by atoms with Gasteiger partial charge in [0.1, 0.15) is 6.26 Å². The molecule has 5 nitrogen and oxygen atoms in total. The van der Waals surface area contributed by atoms with Crippen LogP contribution < -0.4 is 5.56 Å². The first-order chi connectivity index (χ1) is 9.66. The summed E-state index contributed by atoms with van der Waals surface area (Å²) >= 11 is -1.24. The van der Waals surface area contributed by atoms with E-state index in [0.29, 0.717) is 5.65 Å². The molecule has 1 fully saturated rings. The first-order valence-electron chi connectivity index (χ1n) is 6.88. The second kappa shape index (κ2) is 5.54. The molecule has 20 heavy (non-hydrogen) atoms. The van der Waals surface area contributed by atoms with Crippen molar-refractivity contribution in [3.63, 3.8) is 0 Å². The SMILES string of the molecule is C[S+]([O-])c1ncc2ccc(=O)n(C3CCCCC3)c2n1. The van der Waals surface area contributed by atoms with Gasteiger partial charge in [-0.2, -0.15) is 9.97 Å². The average Bonchev–Trinajstić information content (AvgIpc) is 2.47. The maximum atomic E-state index is 12.2. The Kier molecular flexibility index (Phi) is 3.76. The average molecular weight is 291 g/mol. The van der Waals surface area contributed by atoms with E-state index in [0.717, 1.165) is 31.1 Å². The van der Waals surface area contributed by atoms with Gasteiger partial charge in [0.15, 0.2) is 5.65 Å². The molecule has 0 bridgehead atoms. The van der Waals surface area contributed by atoms with Crippen LogP contribution >= 0.6 is 0 Å². The van der Waals surface area contributed by atoms with Crippen molar-refractivity contribution in [3.05, 3.63) is 28.7 Å². The quantitative estimate of drug-likeness (QED) is 0.627. The van der Waals surface area contributed by atoms with Crippen LogP contribution in [0.1, 0.15) is 38.1 Å². The van der Waals surface area contributed by atoms with E-state index in [1.165, 1.54) is 6.42 Å². The lowest BCUT2D eigenvalue weighted by molar-refractivity contribution is 0.352. The third-order valence-corrected chi connectivity index (χ3v) is 4.55. The molecule has 0 radical (unpaired) electrons. The second-order valence-electron chi connectivity index (χ2n) is 5.22. The van der Waals surface area contributed by atoms with Crippen LogP contribution in [-0.2, 0) is 11.2 Å². The number of aromatic nitrogens is 3. The van der Waals surface area contributed by atoms with E-state index in [4.69, 9.17) is 0 Å². The maximum Gasteiger partial charge on any atom is 0.344 e. The zero-order valence-electron chi connectivity index (χ0n) is 11.4. The minimum atomic E-state index is -1.24. The molecule has 0 aromatic carbocycles. The largest absolute Gasteiger partial charge is 0.609 e. The smallest absolute Gasteiger partial charge is 0.344 e. The highest BCUT2D eigenvalue weighted by molar-refractivity contribution is 7.90. The van der Waals surface area contributed by atoms with Crippen molar-refractivity contribution in [1.29, 1.82) is 0 Å². The monoisotopic (exact) mass is 291 g/mol. The standard InChI is InChI=1S/C14H17N3O2S/c1-20(19)14-15-9-10-7-8-12(18)17(13(10)16-14)11-5-3-2-4-6-11/h7-9,11H,2-6H2,1H3. The van der Waals surface area contributed by atoms with Crippen molar-refractivity contribution in [3.8, 4) is 0 Å². The molecule has 0 amide bonds. The van der Waals surface area contributed by atoms with Crippen molar-refractivity contribution in [2.24, 2.45) is 0 Å². The highest BCUT2D eigenvalue weighted by Gasteiger charge is 2.20. The Hall–Kier alpha value is -1.40. The van der Waals surface area contributed by atoms with E-state index in [9.17, 15) is 9.35 Å². The van der Waals surface area contributed by atoms with Crippen LogP contribution in [0.25, 0.3) is 11.0 Å². The molecule has 2 heterocycles. The highest BCUT2D eigenvalue weighted by Crippen LogP contribution is 2.28. The molecule has 1 aliphatic carbocycles. The molecule has 0 spiro atoms. The first kappa shape index (κ1) is 13.6. The molecule has 1 unspecified atom stereocenters. The number of fused-ring (bicyclic) bond motifs is 1. The summed E-state index contributed by atoms with van der Waals surface area (Å²) < 4.78 is 13.3. The van der Waals surface area contributed by atoms with Crippen LogP contribution in [0.5, 0.6) is 0 Å². The van der Waals surface area contributed by atoms with Crippen LogP contribution in [0.2, 0.25) is 0 Å². The van der Waals surface area contributed by atoms with Crippen molar-refractivity contribution in [1.82, 2.24) is 14.5 Å². The fraction of sp³-hybridized carbons (Fsp3) is 0.500. The van der Waals surface area contributed by atoms with Crippen molar-refractivity contribution >= 4 is 22.2 Å². The van der Waals surface area contributed by atoms with Crippen molar-refractivity contribution < 1.29 is 4.55 Å². The van der Waals surface area contributed by atoms with E-state index >= 15 is 0 Å². The summed E-state index contributed by atoms with van der Waals surface area (Å²) in [6.45, 7) is 0. The third-order valence-electron chi connectivity index (χ3n) is 3.84. The fourth-order valence-electron chi connectivity index (χ4n) is 2.85. The van der Waals surface area contributed by atoms with Gasteiger partial charge in [0.25, 0.3) is 5.56 Å². The van der Waals surface area contributed by atoms with Crippen molar-refractivity contribution in [2.75, 3.05) is 6.26 Å². The van der Waals surface area contributed by atoms with Gasteiger partial charge in [0.05, 0.1) is 0 Å². The molecule has 106 valence electrons. The Morgan fingerprint density at radius 1 is 1.30 bits per heavy atom. The van der Waals surface area contributed by atoms with Crippen LogP contribution in [-0.4, -0.2) is 25.3 Å². The zero-order chi connectivity index (χ0) is 14.1. The topological polar surface area (TPSA) is 70.8 Å². The van der Waals surface area contributed by atoms with Gasteiger partial charge in [0.2, 0.25) is 0 Å². The Balaban J connectivity index is 2.19. The van der Waals surface area contributed by atoms with Crippen LogP contribution in [0.15, 0.2) is 28.3 Å². The number of nitrogens with zero attached hydrogens (tertiary/aromatic N) is 3. The molecule has 1 aliphatic rings. The fourth-order valence-corrected chi connectivity index (χ4v) is 3.27. The van der Waals surface area contributed by atoms with Crippen LogP contribution in [0.4, 0.5) is 0 Å². The van der Waals surface area contributed by atoms with Crippen molar-refractivity contribution in [2.45, 2.75) is 43.3 Å². The van der Waals surface area contributed by atoms with Gasteiger partial charge in [-0.15, -0.1) is 0 Å². The number of hydrogen-bond donors (Lipinski definition) is 0. The molecule has 0 N–H and O–H groups in total. The Morgan fingerprint density at radius 2 is 2.05 bits per heavy atom. The molecular weight excluding hydrogens is 274 g/mol. The summed E-state index contributed by atoms with van der Waals surface area (Å²) in [5, 5.41) is 1.11. The molecule has 0 saturated heterocycles. The normalized spacial score (nSPS) is 18.3. The summed E-state index contributed by atoms with van der Waals surface area (Å²) in [5.74, 6) is 0. The Labute approximate surface area is 120 Å². The van der Waals surface area contributed by atoms with Crippen LogP contribution in [0.3, 0.4) is 0 Å². The minimum Gasteiger partial charge on any atom is -0.609 e. The lowest BCUT2D eigenvalue weighted by atomic mass is 9.95. The lowest BCUT2D eigenvalue weighted by Crippen LogP contribution is -2.27. The first-order valence-corrected chi connectivity index (χ1v) is 8.44. The van der Waals surface area contributed by atoms with E-state index < -0.39 is 11.2 Å². The van der Waals surface area contributed by atoms with Gasteiger partial charge in [0, 0.05) is 34.9 Å². The molecular formula is C14H17N3O2S. The molecule has 3 rings (SSSR count). The number of pyridine rings is 1.